The molecule has 0 radical (unpaired) electrons. The van der Waals surface area contributed by atoms with Gasteiger partial charge in [0.2, 0.25) is 16.9 Å². The van der Waals surface area contributed by atoms with E-state index in [0.717, 1.165) is 12.1 Å². The highest BCUT2D eigenvalue weighted by molar-refractivity contribution is 8.02. The lowest BCUT2D eigenvalue weighted by Gasteiger charge is -2.09. The zero-order valence-electron chi connectivity index (χ0n) is 18.2. The number of nitrogens with one attached hydrogen (secondary N) is 2. The second-order valence-corrected chi connectivity index (χ2v) is 10.4. The highest BCUT2D eigenvalue weighted by atomic mass is 32.2. The van der Waals surface area contributed by atoms with E-state index in [4.69, 9.17) is 0 Å². The van der Waals surface area contributed by atoms with Crippen LogP contribution in [0.1, 0.15) is 26.0 Å². The van der Waals surface area contributed by atoms with E-state index in [1.165, 1.54) is 27.8 Å². The molecule has 4 rings (SSSR count). The van der Waals surface area contributed by atoms with Crippen LogP contribution in [0.4, 0.5) is 10.8 Å². The van der Waals surface area contributed by atoms with Gasteiger partial charge < -0.3 is 10.6 Å². The van der Waals surface area contributed by atoms with Crippen molar-refractivity contribution in [3.8, 4) is 5.69 Å². The SMILES string of the molecule is Cc1c(NC(=O)C(C)Sc2nnc(NC(=O)C3CC3C)s2)c(=O)n(-c2ccccc2)n1C. The van der Waals surface area contributed by atoms with E-state index in [9.17, 15) is 14.4 Å². The monoisotopic (exact) mass is 472 g/mol. The number of rotatable bonds is 7. The standard InChI is InChI=1S/C21H24N6O3S2/c1-11-10-15(11)18(29)23-20-24-25-21(32-20)31-13(3)17(28)22-16-12(2)26(4)27(19(16)30)14-8-6-5-7-9-14/h5-9,11,13,15H,10H2,1-4H3,(H,22,28)(H,23,24,29). The largest absolute Gasteiger partial charge is 0.319 e. The van der Waals surface area contributed by atoms with Crippen LogP contribution in [0.5, 0.6) is 0 Å². The van der Waals surface area contributed by atoms with Crippen molar-refractivity contribution in [3.63, 3.8) is 0 Å². The van der Waals surface area contributed by atoms with Crippen LogP contribution in [0.3, 0.4) is 0 Å². The van der Waals surface area contributed by atoms with Gasteiger partial charge in [0.05, 0.1) is 16.6 Å². The molecule has 2 aromatic heterocycles. The minimum atomic E-state index is -0.515. The van der Waals surface area contributed by atoms with Crippen LogP contribution in [0.15, 0.2) is 39.5 Å². The number of carbonyl (C=O) groups is 2. The molecule has 3 aromatic rings. The van der Waals surface area contributed by atoms with Crippen molar-refractivity contribution in [2.24, 2.45) is 18.9 Å². The normalized spacial score (nSPS) is 18.2. The van der Waals surface area contributed by atoms with Crippen LogP contribution in [-0.2, 0) is 16.6 Å². The van der Waals surface area contributed by atoms with Crippen molar-refractivity contribution in [2.75, 3.05) is 10.6 Å². The first-order valence-electron chi connectivity index (χ1n) is 10.2. The number of para-hydroxylation sites is 1. The lowest BCUT2D eigenvalue weighted by atomic mass is 10.3. The smallest absolute Gasteiger partial charge is 0.295 e. The number of benzene rings is 1. The number of amides is 2. The van der Waals surface area contributed by atoms with Crippen molar-refractivity contribution in [1.82, 2.24) is 19.6 Å². The molecule has 1 aliphatic carbocycles. The van der Waals surface area contributed by atoms with Crippen molar-refractivity contribution in [2.45, 2.75) is 36.8 Å². The number of aromatic nitrogens is 4. The Morgan fingerprint density at radius 1 is 1.22 bits per heavy atom. The molecule has 32 heavy (non-hydrogen) atoms. The van der Waals surface area contributed by atoms with Gasteiger partial charge in [-0.25, -0.2) is 4.68 Å². The second kappa shape index (κ2) is 8.91. The Hall–Kier alpha value is -2.92. The summed E-state index contributed by atoms with van der Waals surface area (Å²) in [5, 5.41) is 13.5. The second-order valence-electron chi connectivity index (χ2n) is 7.87. The quantitative estimate of drug-likeness (QED) is 0.404. The maximum Gasteiger partial charge on any atom is 0.295 e. The number of hydrogen-bond acceptors (Lipinski definition) is 7. The van der Waals surface area contributed by atoms with E-state index < -0.39 is 5.25 Å². The van der Waals surface area contributed by atoms with Gasteiger partial charge in [0.1, 0.15) is 5.69 Å². The first kappa shape index (κ1) is 22.3. The van der Waals surface area contributed by atoms with E-state index >= 15 is 0 Å². The van der Waals surface area contributed by atoms with Crippen molar-refractivity contribution < 1.29 is 9.59 Å². The highest BCUT2D eigenvalue weighted by Gasteiger charge is 2.39. The summed E-state index contributed by atoms with van der Waals surface area (Å²) in [7, 11) is 1.77. The van der Waals surface area contributed by atoms with Gasteiger partial charge >= 0.3 is 0 Å². The fraction of sp³-hybridized carbons (Fsp3) is 0.381. The molecule has 0 spiro atoms. The van der Waals surface area contributed by atoms with Gasteiger partial charge in [-0.15, -0.1) is 10.2 Å². The van der Waals surface area contributed by atoms with Gasteiger partial charge in [0.25, 0.3) is 5.56 Å². The fourth-order valence-electron chi connectivity index (χ4n) is 3.34. The fourth-order valence-corrected chi connectivity index (χ4v) is 5.23. The molecule has 3 unspecified atom stereocenters. The first-order chi connectivity index (χ1) is 15.3. The number of thioether (sulfide) groups is 1. The third kappa shape index (κ3) is 4.49. The van der Waals surface area contributed by atoms with E-state index in [0.29, 0.717) is 21.1 Å². The Balaban J connectivity index is 1.42. The molecule has 9 nitrogen and oxygen atoms in total. The van der Waals surface area contributed by atoms with E-state index in [1.54, 1.807) is 25.6 Å². The molecule has 1 saturated carbocycles. The summed E-state index contributed by atoms with van der Waals surface area (Å²) in [5.74, 6) is 0.112. The van der Waals surface area contributed by atoms with Crippen LogP contribution < -0.4 is 16.2 Å². The Bertz CT molecular complexity index is 1220. The van der Waals surface area contributed by atoms with Crippen molar-refractivity contribution in [1.29, 1.82) is 0 Å². The molecule has 0 bridgehead atoms. The molecule has 11 heteroatoms. The predicted molar refractivity (Wildman–Crippen MR) is 126 cm³/mol. The molecule has 0 saturated heterocycles. The minimum absolute atomic E-state index is 0.0368. The van der Waals surface area contributed by atoms with Crippen molar-refractivity contribution >= 4 is 45.7 Å². The summed E-state index contributed by atoms with van der Waals surface area (Å²) in [6.07, 6.45) is 0.897. The summed E-state index contributed by atoms with van der Waals surface area (Å²) >= 11 is 2.46. The summed E-state index contributed by atoms with van der Waals surface area (Å²) < 4.78 is 3.80. The molecule has 1 aromatic carbocycles. The molecule has 2 N–H and O–H groups in total. The van der Waals surface area contributed by atoms with Gasteiger partial charge in [-0.05, 0) is 38.3 Å². The summed E-state index contributed by atoms with van der Waals surface area (Å²) in [4.78, 5) is 37.8. The molecular weight excluding hydrogens is 448 g/mol. The molecule has 0 aliphatic heterocycles. The van der Waals surface area contributed by atoms with Crippen LogP contribution >= 0.6 is 23.1 Å². The minimum Gasteiger partial charge on any atom is -0.319 e. The van der Waals surface area contributed by atoms with Gasteiger partial charge in [-0.3, -0.25) is 19.1 Å². The maximum atomic E-state index is 13.0. The molecule has 168 valence electrons. The molecular formula is C21H24N6O3S2. The van der Waals surface area contributed by atoms with E-state index in [1.807, 2.05) is 37.3 Å². The number of nitrogens with zero attached hydrogens (tertiary/aromatic N) is 4. The lowest BCUT2D eigenvalue weighted by molar-refractivity contribution is -0.117. The van der Waals surface area contributed by atoms with Crippen LogP contribution in [0.25, 0.3) is 5.69 Å². The number of hydrogen-bond donors (Lipinski definition) is 2. The van der Waals surface area contributed by atoms with Crippen LogP contribution in [-0.4, -0.2) is 36.6 Å². The van der Waals surface area contributed by atoms with Crippen LogP contribution in [0, 0.1) is 18.8 Å². The van der Waals surface area contributed by atoms with Gasteiger partial charge in [0.15, 0.2) is 4.34 Å². The average Bonchev–Trinajstić information content (AvgIpc) is 3.29. The van der Waals surface area contributed by atoms with E-state index in [-0.39, 0.29) is 29.0 Å². The molecule has 2 amide bonds. The maximum absolute atomic E-state index is 13.0. The topological polar surface area (TPSA) is 111 Å². The number of anilines is 2. The van der Waals surface area contributed by atoms with Crippen LogP contribution in [0.2, 0.25) is 0 Å². The van der Waals surface area contributed by atoms with Crippen molar-refractivity contribution in [3.05, 3.63) is 46.4 Å². The van der Waals surface area contributed by atoms with E-state index in [2.05, 4.69) is 20.8 Å². The number of carbonyl (C=O) groups excluding carboxylic acids is 2. The third-order valence-corrected chi connectivity index (χ3v) is 7.55. The van der Waals surface area contributed by atoms with Gasteiger partial charge in [-0.2, -0.15) is 0 Å². The predicted octanol–water partition coefficient (Wildman–Crippen LogP) is 3.05. The Labute approximate surface area is 193 Å². The summed E-state index contributed by atoms with van der Waals surface area (Å²) in [5.41, 5.74) is 1.32. The third-order valence-electron chi connectivity index (χ3n) is 5.53. The van der Waals surface area contributed by atoms with Gasteiger partial charge in [0, 0.05) is 13.0 Å². The Kier molecular flexibility index (Phi) is 6.20. The zero-order valence-corrected chi connectivity index (χ0v) is 19.8. The van der Waals surface area contributed by atoms with Gasteiger partial charge in [-0.1, -0.05) is 48.2 Å². The molecule has 2 heterocycles. The summed E-state index contributed by atoms with van der Waals surface area (Å²) in [6.45, 7) is 5.56. The molecule has 1 fully saturated rings. The average molecular weight is 473 g/mol. The summed E-state index contributed by atoms with van der Waals surface area (Å²) in [6, 6.07) is 9.25. The zero-order chi connectivity index (χ0) is 23.0. The highest BCUT2D eigenvalue weighted by Crippen LogP contribution is 2.39. The molecule has 3 atom stereocenters. The Morgan fingerprint density at radius 3 is 2.56 bits per heavy atom. The first-order valence-corrected chi connectivity index (χ1v) is 11.9. The Morgan fingerprint density at radius 2 is 1.91 bits per heavy atom. The lowest BCUT2D eigenvalue weighted by Crippen LogP contribution is -2.27. The molecule has 1 aliphatic rings.